The number of halogens is 3. The first-order valence-electron chi connectivity index (χ1n) is 9.64. The highest BCUT2D eigenvalue weighted by Gasteiger charge is 2.30. The van der Waals surface area contributed by atoms with Gasteiger partial charge in [-0.1, -0.05) is 54.6 Å². The molecule has 9 heteroatoms. The van der Waals surface area contributed by atoms with Gasteiger partial charge < -0.3 is 10.2 Å². The van der Waals surface area contributed by atoms with Crippen LogP contribution in [0.1, 0.15) is 11.1 Å². The van der Waals surface area contributed by atoms with Crippen molar-refractivity contribution >= 4 is 6.21 Å². The van der Waals surface area contributed by atoms with Gasteiger partial charge in [-0.15, -0.1) is 18.3 Å². The first-order valence-corrected chi connectivity index (χ1v) is 9.64. The van der Waals surface area contributed by atoms with E-state index in [-0.39, 0.29) is 5.75 Å². The molecule has 0 bridgehead atoms. The Bertz CT molecular complexity index is 1170. The summed E-state index contributed by atoms with van der Waals surface area (Å²) >= 11 is 0. The van der Waals surface area contributed by atoms with Crippen molar-refractivity contribution < 1.29 is 17.9 Å². The first kappa shape index (κ1) is 21.1. The number of hydrogen-bond donors (Lipinski definition) is 1. The van der Waals surface area contributed by atoms with E-state index >= 15 is 0 Å². The summed E-state index contributed by atoms with van der Waals surface area (Å²) in [4.78, 5) is 4.28. The van der Waals surface area contributed by atoms with Gasteiger partial charge in [0.2, 0.25) is 0 Å². The quantitative estimate of drug-likeness (QED) is 0.328. The fourth-order valence-electron chi connectivity index (χ4n) is 2.89. The van der Waals surface area contributed by atoms with E-state index in [0.717, 1.165) is 16.7 Å². The van der Waals surface area contributed by atoms with Crippen molar-refractivity contribution in [2.45, 2.75) is 12.9 Å². The van der Waals surface area contributed by atoms with Crippen molar-refractivity contribution in [3.8, 4) is 22.8 Å². The SMILES string of the molecule is FC(F)(F)Oc1ccc(-n2cnc(-c3ccc(C=NNCc4ccccc4)cc3)n2)cc1. The van der Waals surface area contributed by atoms with Crippen LogP contribution in [0.5, 0.6) is 5.75 Å². The maximum Gasteiger partial charge on any atom is 0.573 e. The molecule has 0 spiro atoms. The smallest absolute Gasteiger partial charge is 0.406 e. The minimum absolute atomic E-state index is 0.294. The van der Waals surface area contributed by atoms with Gasteiger partial charge in [-0.05, 0) is 35.4 Å². The van der Waals surface area contributed by atoms with Crippen LogP contribution in [0.25, 0.3) is 17.1 Å². The van der Waals surface area contributed by atoms with Gasteiger partial charge in [-0.3, -0.25) is 0 Å². The van der Waals surface area contributed by atoms with Gasteiger partial charge in [-0.2, -0.15) is 5.10 Å². The van der Waals surface area contributed by atoms with E-state index in [1.54, 1.807) is 6.21 Å². The third-order valence-corrected chi connectivity index (χ3v) is 4.43. The summed E-state index contributed by atoms with van der Waals surface area (Å²) in [5, 5.41) is 8.61. The fraction of sp³-hybridized carbons (Fsp3) is 0.0870. The number of nitrogens with zero attached hydrogens (tertiary/aromatic N) is 4. The summed E-state index contributed by atoms with van der Waals surface area (Å²) in [7, 11) is 0. The lowest BCUT2D eigenvalue weighted by Gasteiger charge is -2.09. The van der Waals surface area contributed by atoms with Gasteiger partial charge in [-0.25, -0.2) is 9.67 Å². The van der Waals surface area contributed by atoms with Gasteiger partial charge in [0.1, 0.15) is 12.1 Å². The topological polar surface area (TPSA) is 64.3 Å². The molecule has 1 N–H and O–H groups in total. The van der Waals surface area contributed by atoms with E-state index < -0.39 is 6.36 Å². The number of hydrazone groups is 1. The third kappa shape index (κ3) is 5.72. The van der Waals surface area contributed by atoms with Crippen LogP contribution in [0, 0.1) is 0 Å². The predicted molar refractivity (Wildman–Crippen MR) is 114 cm³/mol. The van der Waals surface area contributed by atoms with Gasteiger partial charge >= 0.3 is 6.36 Å². The molecule has 0 amide bonds. The van der Waals surface area contributed by atoms with E-state index in [1.807, 2.05) is 54.6 Å². The Kier molecular flexibility index (Phi) is 6.16. The number of nitrogens with one attached hydrogen (secondary N) is 1. The summed E-state index contributed by atoms with van der Waals surface area (Å²) in [5.41, 5.74) is 6.42. The molecule has 1 heterocycles. The molecule has 3 aromatic carbocycles. The van der Waals surface area contributed by atoms with E-state index in [9.17, 15) is 13.2 Å². The zero-order valence-corrected chi connectivity index (χ0v) is 16.7. The molecule has 162 valence electrons. The van der Waals surface area contributed by atoms with Crippen molar-refractivity contribution in [2.24, 2.45) is 5.10 Å². The van der Waals surface area contributed by atoms with Crippen molar-refractivity contribution in [3.05, 3.63) is 96.3 Å². The zero-order chi connectivity index (χ0) is 22.4. The van der Waals surface area contributed by atoms with Gasteiger partial charge in [0.25, 0.3) is 0 Å². The lowest BCUT2D eigenvalue weighted by molar-refractivity contribution is -0.274. The lowest BCUT2D eigenvalue weighted by Crippen LogP contribution is -2.17. The average Bonchev–Trinajstić information content (AvgIpc) is 3.28. The largest absolute Gasteiger partial charge is 0.573 e. The number of hydrogen-bond acceptors (Lipinski definition) is 5. The molecule has 0 aliphatic heterocycles. The molecule has 0 saturated carbocycles. The lowest BCUT2D eigenvalue weighted by atomic mass is 10.1. The minimum atomic E-state index is -4.73. The first-order chi connectivity index (χ1) is 15.5. The molecule has 6 nitrogen and oxygen atoms in total. The molecule has 0 unspecified atom stereocenters. The van der Waals surface area contributed by atoms with Crippen molar-refractivity contribution in [1.82, 2.24) is 20.2 Å². The van der Waals surface area contributed by atoms with Gasteiger partial charge in [0.05, 0.1) is 18.4 Å². The highest BCUT2D eigenvalue weighted by atomic mass is 19.4. The van der Waals surface area contributed by atoms with Crippen molar-refractivity contribution in [2.75, 3.05) is 0 Å². The summed E-state index contributed by atoms with van der Waals surface area (Å²) in [6, 6.07) is 22.9. The van der Waals surface area contributed by atoms with Crippen LogP contribution in [0.2, 0.25) is 0 Å². The zero-order valence-electron chi connectivity index (χ0n) is 16.7. The Labute approximate surface area is 182 Å². The Morgan fingerprint density at radius 3 is 2.34 bits per heavy atom. The average molecular weight is 437 g/mol. The number of ether oxygens (including phenoxy) is 1. The summed E-state index contributed by atoms with van der Waals surface area (Å²) in [6.07, 6.45) is -1.50. The molecular weight excluding hydrogens is 419 g/mol. The number of rotatable bonds is 7. The standard InChI is InChI=1S/C23H18F3N5O/c24-23(25,26)32-21-12-10-20(11-13-21)31-16-27-22(30-31)19-8-6-18(7-9-19)15-29-28-14-17-4-2-1-3-5-17/h1-13,15-16,28H,14H2. The second-order valence-corrected chi connectivity index (χ2v) is 6.76. The van der Waals surface area contributed by atoms with Crippen molar-refractivity contribution in [3.63, 3.8) is 0 Å². The predicted octanol–water partition coefficient (Wildman–Crippen LogP) is 4.96. The number of aromatic nitrogens is 3. The Morgan fingerprint density at radius 2 is 1.66 bits per heavy atom. The van der Waals surface area contributed by atoms with E-state index in [1.165, 1.54) is 35.3 Å². The monoisotopic (exact) mass is 437 g/mol. The highest BCUT2D eigenvalue weighted by Crippen LogP contribution is 2.24. The van der Waals surface area contributed by atoms with Crippen molar-refractivity contribution in [1.29, 1.82) is 0 Å². The molecule has 4 rings (SSSR count). The highest BCUT2D eigenvalue weighted by molar-refractivity contribution is 5.80. The maximum atomic E-state index is 12.3. The fourth-order valence-corrected chi connectivity index (χ4v) is 2.89. The molecule has 4 aromatic rings. The molecular formula is C23H18F3N5O. The van der Waals surface area contributed by atoms with Crippen LogP contribution in [-0.2, 0) is 6.54 Å². The van der Waals surface area contributed by atoms with E-state index in [4.69, 9.17) is 0 Å². The van der Waals surface area contributed by atoms with Crippen LogP contribution in [0.3, 0.4) is 0 Å². The van der Waals surface area contributed by atoms with Crippen LogP contribution in [-0.4, -0.2) is 27.3 Å². The summed E-state index contributed by atoms with van der Waals surface area (Å²) in [5.74, 6) is 0.198. The maximum absolute atomic E-state index is 12.3. The van der Waals surface area contributed by atoms with E-state index in [0.29, 0.717) is 18.1 Å². The molecule has 1 aromatic heterocycles. The van der Waals surface area contributed by atoms with Crippen LogP contribution in [0.4, 0.5) is 13.2 Å². The second kappa shape index (κ2) is 9.34. The third-order valence-electron chi connectivity index (χ3n) is 4.43. The Morgan fingerprint density at radius 1 is 0.938 bits per heavy atom. The van der Waals surface area contributed by atoms with Gasteiger partial charge in [0.15, 0.2) is 5.82 Å². The molecule has 0 aliphatic carbocycles. The number of alkyl halides is 3. The Balaban J connectivity index is 1.37. The van der Waals surface area contributed by atoms with Crippen LogP contribution < -0.4 is 10.2 Å². The molecule has 32 heavy (non-hydrogen) atoms. The summed E-state index contributed by atoms with van der Waals surface area (Å²) in [6.45, 7) is 0.639. The van der Waals surface area contributed by atoms with Crippen LogP contribution >= 0.6 is 0 Å². The molecule has 0 fully saturated rings. The number of benzene rings is 3. The Hall–Kier alpha value is -4.14. The van der Waals surface area contributed by atoms with E-state index in [2.05, 4.69) is 25.3 Å². The molecule has 0 saturated heterocycles. The molecule has 0 radical (unpaired) electrons. The van der Waals surface area contributed by atoms with Crippen LogP contribution in [0.15, 0.2) is 90.3 Å². The second-order valence-electron chi connectivity index (χ2n) is 6.76. The molecule has 0 atom stereocenters. The normalized spacial score (nSPS) is 11.6. The molecule has 0 aliphatic rings. The van der Waals surface area contributed by atoms with Gasteiger partial charge in [0, 0.05) is 5.56 Å². The summed E-state index contributed by atoms with van der Waals surface area (Å²) < 4.78 is 42.2. The minimum Gasteiger partial charge on any atom is -0.406 e.